The molecule has 0 saturated heterocycles. The first-order chi connectivity index (χ1) is 13.1. The molecule has 0 fully saturated rings. The Labute approximate surface area is 164 Å². The number of aromatic nitrogens is 2. The van der Waals surface area contributed by atoms with E-state index in [9.17, 15) is 9.59 Å². The van der Waals surface area contributed by atoms with Crippen molar-refractivity contribution in [1.29, 1.82) is 0 Å². The molecule has 4 aromatic rings. The van der Waals surface area contributed by atoms with E-state index in [1.807, 2.05) is 42.5 Å². The Morgan fingerprint density at radius 1 is 0.926 bits per heavy atom. The number of halogens is 1. The zero-order valence-electron chi connectivity index (χ0n) is 14.3. The largest absolute Gasteiger partial charge is 0.319 e. The Morgan fingerprint density at radius 2 is 1.67 bits per heavy atom. The normalized spacial score (nSPS) is 10.9. The Bertz CT molecular complexity index is 1200. The topological polar surface area (TPSA) is 62.8 Å². The Hall–Kier alpha value is -3.05. The molecule has 1 aromatic heterocycles. The lowest BCUT2D eigenvalue weighted by atomic mass is 10.0. The Morgan fingerprint density at radius 3 is 2.44 bits per heavy atom. The molecule has 4 rings (SSSR count). The molecule has 1 heterocycles. The van der Waals surface area contributed by atoms with Gasteiger partial charge in [0.05, 0.1) is 11.0 Å². The first-order valence-corrected chi connectivity index (χ1v) is 9.27. The number of fused-ring (bicyclic) bond motifs is 1. The fourth-order valence-corrected chi connectivity index (χ4v) is 3.39. The van der Waals surface area contributed by atoms with Crippen molar-refractivity contribution in [2.45, 2.75) is 6.42 Å². The molecule has 3 aromatic carbocycles. The molecular formula is C22H15BrN2O2. The van der Waals surface area contributed by atoms with E-state index in [0.717, 1.165) is 10.0 Å². The van der Waals surface area contributed by atoms with E-state index in [1.54, 1.807) is 30.3 Å². The minimum absolute atomic E-state index is 0.0874. The van der Waals surface area contributed by atoms with Gasteiger partial charge < -0.3 is 4.98 Å². The molecule has 0 aliphatic heterocycles. The van der Waals surface area contributed by atoms with Gasteiger partial charge in [0.1, 0.15) is 5.69 Å². The van der Waals surface area contributed by atoms with Crippen LogP contribution >= 0.6 is 15.9 Å². The summed E-state index contributed by atoms with van der Waals surface area (Å²) in [6.45, 7) is 0. The molecule has 0 saturated carbocycles. The number of ketones is 1. The van der Waals surface area contributed by atoms with E-state index in [4.69, 9.17) is 0 Å². The van der Waals surface area contributed by atoms with Crippen LogP contribution in [0.25, 0.3) is 11.0 Å². The van der Waals surface area contributed by atoms with Crippen LogP contribution in [0.3, 0.4) is 0 Å². The first-order valence-electron chi connectivity index (χ1n) is 8.48. The zero-order chi connectivity index (χ0) is 18.8. The van der Waals surface area contributed by atoms with Crippen LogP contribution in [0.5, 0.6) is 0 Å². The number of carbonyl (C=O) groups is 1. The van der Waals surface area contributed by atoms with E-state index in [0.29, 0.717) is 34.3 Å². The zero-order valence-corrected chi connectivity index (χ0v) is 15.9. The Kier molecular flexibility index (Phi) is 4.69. The van der Waals surface area contributed by atoms with Gasteiger partial charge in [0, 0.05) is 22.0 Å². The predicted molar refractivity (Wildman–Crippen MR) is 109 cm³/mol. The van der Waals surface area contributed by atoms with Crippen LogP contribution in [-0.2, 0) is 6.42 Å². The average molecular weight is 419 g/mol. The molecule has 0 atom stereocenters. The van der Waals surface area contributed by atoms with Crippen LogP contribution in [0.15, 0.2) is 82.1 Å². The van der Waals surface area contributed by atoms with Gasteiger partial charge in [0.25, 0.3) is 5.56 Å². The summed E-state index contributed by atoms with van der Waals surface area (Å²) in [7, 11) is 0. The van der Waals surface area contributed by atoms with Crippen LogP contribution in [-0.4, -0.2) is 15.8 Å². The van der Waals surface area contributed by atoms with Crippen molar-refractivity contribution in [3.05, 3.63) is 110 Å². The van der Waals surface area contributed by atoms with Crippen molar-refractivity contribution in [2.24, 2.45) is 0 Å². The highest BCUT2D eigenvalue weighted by atomic mass is 79.9. The van der Waals surface area contributed by atoms with Crippen LogP contribution in [0, 0.1) is 0 Å². The van der Waals surface area contributed by atoms with Gasteiger partial charge in [-0.1, -0.05) is 64.5 Å². The summed E-state index contributed by atoms with van der Waals surface area (Å²) in [6.07, 6.45) is 0.428. The summed E-state index contributed by atoms with van der Waals surface area (Å²) < 4.78 is 0.940. The SMILES string of the molecule is O=C(c1ccccc1)c1ccc2nc(Cc3ccccc3Br)c(=O)[nH]c2c1. The molecule has 4 nitrogen and oxygen atoms in total. The summed E-state index contributed by atoms with van der Waals surface area (Å²) in [5.74, 6) is -0.0874. The summed E-state index contributed by atoms with van der Waals surface area (Å²) in [6, 6.07) is 22.0. The fraction of sp³-hybridized carbons (Fsp3) is 0.0455. The first kappa shape index (κ1) is 17.4. The molecule has 132 valence electrons. The second-order valence-electron chi connectivity index (χ2n) is 6.21. The van der Waals surface area contributed by atoms with E-state index >= 15 is 0 Å². The third kappa shape index (κ3) is 3.59. The number of hydrogen-bond donors (Lipinski definition) is 1. The number of nitrogens with one attached hydrogen (secondary N) is 1. The van der Waals surface area contributed by atoms with Crippen molar-refractivity contribution in [3.8, 4) is 0 Å². The number of hydrogen-bond acceptors (Lipinski definition) is 3. The highest BCUT2D eigenvalue weighted by Gasteiger charge is 2.12. The molecule has 0 amide bonds. The summed E-state index contributed by atoms with van der Waals surface area (Å²) in [5, 5.41) is 0. The molecule has 1 N–H and O–H groups in total. The third-order valence-corrected chi connectivity index (χ3v) is 5.15. The average Bonchev–Trinajstić information content (AvgIpc) is 2.70. The van der Waals surface area contributed by atoms with Crippen LogP contribution in [0.2, 0.25) is 0 Å². The molecule has 0 spiro atoms. The minimum Gasteiger partial charge on any atom is -0.319 e. The molecule has 0 radical (unpaired) electrons. The smallest absolute Gasteiger partial charge is 0.270 e. The van der Waals surface area contributed by atoms with Crippen molar-refractivity contribution in [1.82, 2.24) is 9.97 Å². The predicted octanol–water partition coefficient (Wildman–Crippen LogP) is 4.51. The van der Waals surface area contributed by atoms with Crippen molar-refractivity contribution >= 4 is 32.7 Å². The maximum Gasteiger partial charge on any atom is 0.270 e. The van der Waals surface area contributed by atoms with Gasteiger partial charge in [0.15, 0.2) is 5.78 Å². The van der Waals surface area contributed by atoms with Gasteiger partial charge in [-0.2, -0.15) is 0 Å². The van der Waals surface area contributed by atoms with Gasteiger partial charge in [0.2, 0.25) is 0 Å². The minimum atomic E-state index is -0.248. The van der Waals surface area contributed by atoms with Crippen LogP contribution in [0.4, 0.5) is 0 Å². The molecule has 0 aliphatic rings. The lowest BCUT2D eigenvalue weighted by molar-refractivity contribution is 0.103. The van der Waals surface area contributed by atoms with Gasteiger partial charge >= 0.3 is 0 Å². The number of benzene rings is 3. The fourth-order valence-electron chi connectivity index (χ4n) is 2.96. The summed E-state index contributed by atoms with van der Waals surface area (Å²) in [4.78, 5) is 32.5. The number of nitrogens with zero attached hydrogens (tertiary/aromatic N) is 1. The van der Waals surface area contributed by atoms with Crippen molar-refractivity contribution < 1.29 is 4.79 Å². The standard InChI is InChI=1S/C22H15BrN2O2/c23-17-9-5-4-8-15(17)12-20-22(27)25-19-13-16(10-11-18(19)24-20)21(26)14-6-2-1-3-7-14/h1-11,13H,12H2,(H,25,27). The maximum absolute atomic E-state index is 12.6. The summed E-state index contributed by atoms with van der Waals surface area (Å²) >= 11 is 3.50. The second-order valence-corrected chi connectivity index (χ2v) is 7.06. The van der Waals surface area contributed by atoms with Crippen molar-refractivity contribution in [3.63, 3.8) is 0 Å². The summed E-state index contributed by atoms with van der Waals surface area (Å²) in [5.41, 5.74) is 3.52. The van der Waals surface area contributed by atoms with Gasteiger partial charge in [-0.05, 0) is 29.8 Å². The molecule has 0 aliphatic carbocycles. The molecular weight excluding hydrogens is 404 g/mol. The molecule has 5 heteroatoms. The quantitative estimate of drug-likeness (QED) is 0.496. The number of H-pyrrole nitrogens is 1. The number of rotatable bonds is 4. The van der Waals surface area contributed by atoms with Crippen molar-refractivity contribution in [2.75, 3.05) is 0 Å². The highest BCUT2D eigenvalue weighted by molar-refractivity contribution is 9.10. The van der Waals surface area contributed by atoms with E-state index in [2.05, 4.69) is 25.9 Å². The van der Waals surface area contributed by atoms with E-state index in [1.165, 1.54) is 0 Å². The van der Waals surface area contributed by atoms with Gasteiger partial charge in [-0.3, -0.25) is 9.59 Å². The third-order valence-electron chi connectivity index (χ3n) is 4.38. The lowest BCUT2D eigenvalue weighted by Crippen LogP contribution is -2.16. The Balaban J connectivity index is 1.71. The monoisotopic (exact) mass is 418 g/mol. The van der Waals surface area contributed by atoms with Gasteiger partial charge in [-0.25, -0.2) is 4.98 Å². The maximum atomic E-state index is 12.6. The second kappa shape index (κ2) is 7.29. The van der Waals surface area contributed by atoms with Crippen LogP contribution < -0.4 is 5.56 Å². The molecule has 0 bridgehead atoms. The van der Waals surface area contributed by atoms with E-state index in [-0.39, 0.29) is 11.3 Å². The molecule has 27 heavy (non-hydrogen) atoms. The molecule has 0 unspecified atom stereocenters. The lowest BCUT2D eigenvalue weighted by Gasteiger charge is -2.06. The number of carbonyl (C=O) groups excluding carboxylic acids is 1. The highest BCUT2D eigenvalue weighted by Crippen LogP contribution is 2.19. The van der Waals surface area contributed by atoms with E-state index < -0.39 is 0 Å². The van der Waals surface area contributed by atoms with Gasteiger partial charge in [-0.15, -0.1) is 0 Å². The van der Waals surface area contributed by atoms with Crippen LogP contribution in [0.1, 0.15) is 27.2 Å². The number of aromatic amines is 1.